The number of aryl methyl sites for hydroxylation is 1. The third kappa shape index (κ3) is 3.38. The minimum absolute atomic E-state index is 0.742. The van der Waals surface area contributed by atoms with Gasteiger partial charge in [-0.25, -0.2) is 15.0 Å². The van der Waals surface area contributed by atoms with Crippen LogP contribution in [0.1, 0.15) is 17.1 Å². The first-order valence-corrected chi connectivity index (χ1v) is 6.87. The van der Waals surface area contributed by atoms with E-state index in [1.54, 1.807) is 0 Å². The van der Waals surface area contributed by atoms with E-state index in [0.29, 0.717) is 0 Å². The maximum absolute atomic E-state index is 4.64. The van der Waals surface area contributed by atoms with Crippen molar-refractivity contribution in [2.45, 2.75) is 20.0 Å². The Bertz CT molecular complexity index is 739. The summed E-state index contributed by atoms with van der Waals surface area (Å²) < 4.78 is 0. The lowest BCUT2D eigenvalue weighted by atomic mass is 10.2. The Morgan fingerprint density at radius 3 is 2.38 bits per heavy atom. The van der Waals surface area contributed by atoms with Gasteiger partial charge in [0.05, 0.1) is 22.9 Å². The maximum atomic E-state index is 4.64. The van der Waals surface area contributed by atoms with Crippen molar-refractivity contribution in [3.05, 3.63) is 59.9 Å². The monoisotopic (exact) mass is 279 g/mol. The van der Waals surface area contributed by atoms with Gasteiger partial charge in [-0.3, -0.25) is 9.88 Å². The number of benzene rings is 1. The molecule has 0 aliphatic carbocycles. The van der Waals surface area contributed by atoms with E-state index in [1.165, 1.54) is 0 Å². The van der Waals surface area contributed by atoms with E-state index < -0.39 is 0 Å². The molecule has 0 spiro atoms. The quantitative estimate of drug-likeness (QED) is 0.734. The molecule has 5 nitrogen and oxygen atoms in total. The number of hydrogen-bond donors (Lipinski definition) is 0. The fraction of sp³-hybridized carbons (Fsp3) is 0.250. The minimum Gasteiger partial charge on any atom is -0.296 e. The number of para-hydroxylation sites is 2. The molecule has 106 valence electrons. The van der Waals surface area contributed by atoms with Crippen molar-refractivity contribution in [2.75, 3.05) is 7.05 Å². The van der Waals surface area contributed by atoms with Crippen LogP contribution in [0.5, 0.6) is 0 Å². The molecule has 21 heavy (non-hydrogen) atoms. The molecule has 3 aromatic rings. The van der Waals surface area contributed by atoms with E-state index in [4.69, 9.17) is 0 Å². The van der Waals surface area contributed by atoms with E-state index in [9.17, 15) is 0 Å². The molecule has 0 aliphatic rings. The number of hydrogen-bond acceptors (Lipinski definition) is 5. The minimum atomic E-state index is 0.742. The van der Waals surface area contributed by atoms with E-state index >= 15 is 0 Å². The lowest BCUT2D eigenvalue weighted by molar-refractivity contribution is 0.314. The smallest absolute Gasteiger partial charge is 0.125 e. The first-order chi connectivity index (χ1) is 10.2. The molecule has 1 aromatic carbocycles. The summed E-state index contributed by atoms with van der Waals surface area (Å²) >= 11 is 0. The lowest BCUT2D eigenvalue weighted by Gasteiger charge is -2.15. The summed E-state index contributed by atoms with van der Waals surface area (Å²) in [6, 6.07) is 7.91. The van der Waals surface area contributed by atoms with Gasteiger partial charge in [-0.1, -0.05) is 12.1 Å². The molecule has 3 rings (SSSR count). The Hall–Kier alpha value is -2.40. The Kier molecular flexibility index (Phi) is 3.83. The lowest BCUT2D eigenvalue weighted by Crippen LogP contribution is -2.18. The number of rotatable bonds is 4. The van der Waals surface area contributed by atoms with E-state index in [0.717, 1.165) is 41.2 Å². The number of aromatic nitrogens is 4. The molecule has 0 atom stereocenters. The molecule has 2 heterocycles. The van der Waals surface area contributed by atoms with Gasteiger partial charge < -0.3 is 0 Å². The standard InChI is InChI=1S/C16H17N5/c1-12-17-7-13(8-18-12)10-21(2)11-14-9-19-15-5-3-4-6-16(15)20-14/h3-9H,10-11H2,1-2H3. The second-order valence-corrected chi connectivity index (χ2v) is 5.16. The van der Waals surface area contributed by atoms with Gasteiger partial charge in [-0.15, -0.1) is 0 Å². The van der Waals surface area contributed by atoms with Crippen LogP contribution in [0, 0.1) is 6.92 Å². The second-order valence-electron chi connectivity index (χ2n) is 5.16. The number of fused-ring (bicyclic) bond motifs is 1. The molecule has 0 saturated carbocycles. The first-order valence-electron chi connectivity index (χ1n) is 6.87. The van der Waals surface area contributed by atoms with Crippen molar-refractivity contribution in [3.8, 4) is 0 Å². The SMILES string of the molecule is Cc1ncc(CN(C)Cc2cnc3ccccc3n2)cn1. The van der Waals surface area contributed by atoms with Gasteiger partial charge in [0.15, 0.2) is 0 Å². The van der Waals surface area contributed by atoms with Gasteiger partial charge in [-0.05, 0) is 26.1 Å². The average molecular weight is 279 g/mol. The summed E-state index contributed by atoms with van der Waals surface area (Å²) in [5, 5.41) is 0. The van der Waals surface area contributed by atoms with Gasteiger partial charge in [0.2, 0.25) is 0 Å². The highest BCUT2D eigenvalue weighted by molar-refractivity contribution is 5.73. The molecular formula is C16H17N5. The summed E-state index contributed by atoms with van der Waals surface area (Å²) in [6.45, 7) is 3.42. The predicted molar refractivity (Wildman–Crippen MR) is 81.5 cm³/mol. The van der Waals surface area contributed by atoms with E-state index in [1.807, 2.05) is 49.8 Å². The fourth-order valence-electron chi connectivity index (χ4n) is 2.22. The number of nitrogens with zero attached hydrogens (tertiary/aromatic N) is 5. The average Bonchev–Trinajstić information content (AvgIpc) is 2.49. The summed E-state index contributed by atoms with van der Waals surface area (Å²) in [4.78, 5) is 19.7. The molecule has 0 fully saturated rings. The molecule has 0 radical (unpaired) electrons. The maximum Gasteiger partial charge on any atom is 0.125 e. The molecule has 5 heteroatoms. The van der Waals surface area contributed by atoms with Gasteiger partial charge in [0, 0.05) is 31.0 Å². The highest BCUT2D eigenvalue weighted by Crippen LogP contribution is 2.10. The molecule has 0 saturated heterocycles. The van der Waals surface area contributed by atoms with Crippen molar-refractivity contribution >= 4 is 11.0 Å². The third-order valence-electron chi connectivity index (χ3n) is 3.22. The van der Waals surface area contributed by atoms with Crippen LogP contribution in [-0.4, -0.2) is 31.9 Å². The van der Waals surface area contributed by atoms with Crippen molar-refractivity contribution in [1.29, 1.82) is 0 Å². The Morgan fingerprint density at radius 2 is 1.62 bits per heavy atom. The largest absolute Gasteiger partial charge is 0.296 e. The first kappa shape index (κ1) is 13.6. The highest BCUT2D eigenvalue weighted by Gasteiger charge is 2.05. The normalized spacial score (nSPS) is 11.2. The zero-order valence-corrected chi connectivity index (χ0v) is 12.2. The van der Waals surface area contributed by atoms with Crippen LogP contribution in [-0.2, 0) is 13.1 Å². The second kappa shape index (κ2) is 5.93. The fourth-order valence-corrected chi connectivity index (χ4v) is 2.22. The molecule has 0 unspecified atom stereocenters. The van der Waals surface area contributed by atoms with Crippen LogP contribution < -0.4 is 0 Å². The van der Waals surface area contributed by atoms with Crippen LogP contribution in [0.3, 0.4) is 0 Å². The Labute approximate surface area is 123 Å². The van der Waals surface area contributed by atoms with E-state index in [-0.39, 0.29) is 0 Å². The van der Waals surface area contributed by atoms with Crippen LogP contribution in [0.2, 0.25) is 0 Å². The van der Waals surface area contributed by atoms with Gasteiger partial charge in [0.25, 0.3) is 0 Å². The molecule has 0 bridgehead atoms. The summed E-state index contributed by atoms with van der Waals surface area (Å²) in [5.74, 6) is 0.793. The van der Waals surface area contributed by atoms with Crippen molar-refractivity contribution in [1.82, 2.24) is 24.8 Å². The van der Waals surface area contributed by atoms with Crippen LogP contribution >= 0.6 is 0 Å². The van der Waals surface area contributed by atoms with Crippen molar-refractivity contribution in [3.63, 3.8) is 0 Å². The molecular weight excluding hydrogens is 262 g/mol. The summed E-state index contributed by atoms with van der Waals surface area (Å²) in [6.07, 6.45) is 5.57. The summed E-state index contributed by atoms with van der Waals surface area (Å²) in [7, 11) is 2.05. The van der Waals surface area contributed by atoms with Crippen LogP contribution in [0.4, 0.5) is 0 Å². The van der Waals surface area contributed by atoms with E-state index in [2.05, 4.69) is 31.9 Å². The molecule has 2 aromatic heterocycles. The van der Waals surface area contributed by atoms with Crippen LogP contribution in [0.25, 0.3) is 11.0 Å². The summed E-state index contributed by atoms with van der Waals surface area (Å²) in [5.41, 5.74) is 3.92. The molecule has 0 N–H and O–H groups in total. The topological polar surface area (TPSA) is 54.8 Å². The molecule has 0 amide bonds. The van der Waals surface area contributed by atoms with Crippen LogP contribution in [0.15, 0.2) is 42.9 Å². The Morgan fingerprint density at radius 1 is 0.905 bits per heavy atom. The zero-order chi connectivity index (χ0) is 14.7. The third-order valence-corrected chi connectivity index (χ3v) is 3.22. The Balaban J connectivity index is 1.70. The predicted octanol–water partition coefficient (Wildman–Crippen LogP) is 2.36. The molecule has 0 aliphatic heterocycles. The van der Waals surface area contributed by atoms with Crippen molar-refractivity contribution in [2.24, 2.45) is 0 Å². The van der Waals surface area contributed by atoms with Gasteiger partial charge in [-0.2, -0.15) is 0 Å². The van der Waals surface area contributed by atoms with Gasteiger partial charge in [0.1, 0.15) is 5.82 Å². The van der Waals surface area contributed by atoms with Gasteiger partial charge >= 0.3 is 0 Å². The zero-order valence-electron chi connectivity index (χ0n) is 12.2. The highest BCUT2D eigenvalue weighted by atomic mass is 15.1. The van der Waals surface area contributed by atoms with Crippen molar-refractivity contribution < 1.29 is 0 Å².